The zero-order chi connectivity index (χ0) is 29.3. The summed E-state index contributed by atoms with van der Waals surface area (Å²) in [6.45, 7) is 5.97. The number of aliphatic hydroxyl groups excluding tert-OH is 1. The van der Waals surface area contributed by atoms with Crippen LogP contribution in [0.25, 0.3) is 0 Å². The highest BCUT2D eigenvalue weighted by atomic mass is 32.2. The van der Waals surface area contributed by atoms with Gasteiger partial charge < -0.3 is 25.4 Å². The van der Waals surface area contributed by atoms with Gasteiger partial charge in [-0.2, -0.15) is 0 Å². The molecule has 6 rings (SSSR count). The molecule has 4 fully saturated rings. The lowest BCUT2D eigenvalue weighted by Crippen LogP contribution is -2.57. The summed E-state index contributed by atoms with van der Waals surface area (Å²) in [7, 11) is 0. The van der Waals surface area contributed by atoms with E-state index >= 15 is 0 Å². The van der Waals surface area contributed by atoms with Gasteiger partial charge in [0, 0.05) is 36.6 Å². The largest absolute Gasteiger partial charge is 0.394 e. The number of anilines is 1. The Morgan fingerprint density at radius 1 is 1.05 bits per heavy atom. The fourth-order valence-electron chi connectivity index (χ4n) is 7.59. The summed E-state index contributed by atoms with van der Waals surface area (Å²) in [6.07, 6.45) is 1.83. The number of para-hydroxylation sites is 1. The van der Waals surface area contributed by atoms with Gasteiger partial charge in [0.15, 0.2) is 0 Å². The van der Waals surface area contributed by atoms with E-state index in [0.717, 1.165) is 25.1 Å². The number of morpholine rings is 1. The maximum atomic E-state index is 14.5. The first-order valence-electron chi connectivity index (χ1n) is 15.0. The molecule has 4 aliphatic heterocycles. The molecule has 0 radical (unpaired) electrons. The molecule has 2 bridgehead atoms. The van der Waals surface area contributed by atoms with Gasteiger partial charge in [0.2, 0.25) is 17.7 Å². The second-order valence-electron chi connectivity index (χ2n) is 12.1. The van der Waals surface area contributed by atoms with Crippen molar-refractivity contribution < 1.29 is 24.2 Å². The summed E-state index contributed by atoms with van der Waals surface area (Å²) < 4.78 is 4.24. The van der Waals surface area contributed by atoms with Gasteiger partial charge in [-0.05, 0) is 43.9 Å². The summed E-state index contributed by atoms with van der Waals surface area (Å²) in [4.78, 5) is 46.5. The number of hydrogen-bond donors (Lipinski definition) is 3. The first kappa shape index (κ1) is 29.2. The van der Waals surface area contributed by atoms with Gasteiger partial charge in [-0.25, -0.2) is 0 Å². The molecule has 224 valence electrons. The minimum absolute atomic E-state index is 0.187. The third kappa shape index (κ3) is 5.23. The van der Waals surface area contributed by atoms with Crippen LogP contribution in [0.3, 0.4) is 0 Å². The number of nitrogens with zero attached hydrogens (tertiary/aromatic N) is 2. The summed E-state index contributed by atoms with van der Waals surface area (Å²) in [5.41, 5.74) is 1.66. The van der Waals surface area contributed by atoms with E-state index in [1.165, 1.54) is 0 Å². The molecule has 3 amide bonds. The van der Waals surface area contributed by atoms with E-state index in [-0.39, 0.29) is 24.3 Å². The lowest BCUT2D eigenvalue weighted by molar-refractivity contribution is -0.142. The predicted molar refractivity (Wildman–Crippen MR) is 162 cm³/mol. The highest BCUT2D eigenvalue weighted by Gasteiger charge is 2.77. The fourth-order valence-corrected chi connectivity index (χ4v) is 9.94. The van der Waals surface area contributed by atoms with E-state index in [1.54, 1.807) is 16.7 Å². The minimum Gasteiger partial charge on any atom is -0.394 e. The van der Waals surface area contributed by atoms with Crippen LogP contribution in [0.5, 0.6) is 0 Å². The topological polar surface area (TPSA) is 111 Å². The van der Waals surface area contributed by atoms with Crippen molar-refractivity contribution in [3.8, 4) is 0 Å². The van der Waals surface area contributed by atoms with Gasteiger partial charge in [0.05, 0.1) is 42.4 Å². The second kappa shape index (κ2) is 12.0. The van der Waals surface area contributed by atoms with Crippen LogP contribution in [0.2, 0.25) is 0 Å². The molecule has 2 aromatic carbocycles. The summed E-state index contributed by atoms with van der Waals surface area (Å²) in [5, 5.41) is 16.8. The number of carbonyl (C=O) groups is 3. The highest BCUT2D eigenvalue weighted by Crippen LogP contribution is 2.71. The lowest BCUT2D eigenvalue weighted by Gasteiger charge is -2.37. The molecule has 10 heteroatoms. The Morgan fingerprint density at radius 3 is 2.43 bits per heavy atom. The van der Waals surface area contributed by atoms with Gasteiger partial charge in [-0.1, -0.05) is 48.5 Å². The van der Waals surface area contributed by atoms with Gasteiger partial charge in [0.25, 0.3) is 0 Å². The number of rotatable bonds is 10. The molecule has 9 nitrogen and oxygen atoms in total. The summed E-state index contributed by atoms with van der Waals surface area (Å²) >= 11 is 1.65. The standard InChI is InChI=1S/C32H40N4O5S/c1-31-12-13-32(42-31)26(25(31)28(38)34-23-10-6-3-7-11-23)30(40)36(24(21-37)20-22-8-4-2-5-9-22)27(32)29(39)33-14-15-35-16-18-41-19-17-35/h2-11,24-27,37H,12-21H2,1H3,(H,33,39)(H,34,38)/t24-,25-,26+,27?,31+,32?/m1/s1. The van der Waals surface area contributed by atoms with Crippen LogP contribution in [0.1, 0.15) is 25.3 Å². The van der Waals surface area contributed by atoms with Gasteiger partial charge in [0.1, 0.15) is 6.04 Å². The zero-order valence-electron chi connectivity index (χ0n) is 24.0. The molecule has 4 saturated heterocycles. The molecule has 2 aromatic rings. The second-order valence-corrected chi connectivity index (χ2v) is 14.0. The van der Waals surface area contributed by atoms with Crippen molar-refractivity contribution in [3.63, 3.8) is 0 Å². The molecule has 0 aromatic heterocycles. The molecule has 0 saturated carbocycles. The Hall–Kier alpha value is -2.92. The number of fused-ring (bicyclic) bond motifs is 1. The number of thioether (sulfide) groups is 1. The Balaban J connectivity index is 1.31. The molecule has 6 atom stereocenters. The number of hydrogen-bond acceptors (Lipinski definition) is 7. The van der Waals surface area contributed by atoms with Crippen molar-refractivity contribution in [1.29, 1.82) is 0 Å². The van der Waals surface area contributed by atoms with Crippen molar-refractivity contribution in [2.24, 2.45) is 11.8 Å². The molecule has 1 spiro atoms. The predicted octanol–water partition coefficient (Wildman–Crippen LogP) is 2.16. The first-order chi connectivity index (χ1) is 20.4. The van der Waals surface area contributed by atoms with Crippen LogP contribution < -0.4 is 10.6 Å². The normalized spacial score (nSPS) is 31.1. The number of likely N-dealkylation sites (tertiary alicyclic amines) is 1. The molecular formula is C32H40N4O5S. The monoisotopic (exact) mass is 592 g/mol. The average Bonchev–Trinajstić information content (AvgIpc) is 3.58. The van der Waals surface area contributed by atoms with Crippen molar-refractivity contribution in [2.75, 3.05) is 51.3 Å². The molecular weight excluding hydrogens is 552 g/mol. The summed E-state index contributed by atoms with van der Waals surface area (Å²) in [5.74, 6) is -1.83. The Bertz CT molecular complexity index is 1290. The Morgan fingerprint density at radius 2 is 1.74 bits per heavy atom. The number of nitrogens with one attached hydrogen (secondary N) is 2. The van der Waals surface area contributed by atoms with Gasteiger partial charge in [-0.15, -0.1) is 11.8 Å². The van der Waals surface area contributed by atoms with Crippen LogP contribution in [-0.2, 0) is 25.5 Å². The number of benzene rings is 2. The number of amides is 3. The van der Waals surface area contributed by atoms with E-state index < -0.39 is 33.4 Å². The maximum Gasteiger partial charge on any atom is 0.244 e. The van der Waals surface area contributed by atoms with Crippen LogP contribution in [0, 0.1) is 11.8 Å². The van der Waals surface area contributed by atoms with Gasteiger partial charge in [-0.3, -0.25) is 19.3 Å². The SMILES string of the molecule is C[C@@]12CCC3(S1)C(C(=O)NCCN1CCOCC1)N([C@@H](CO)Cc1ccccc1)C(=O)[C@@H]3[C@@H]2C(=O)Nc1ccccc1. The number of aliphatic hydroxyl groups is 1. The fraction of sp³-hybridized carbons (Fsp3) is 0.531. The number of ether oxygens (including phenoxy) is 1. The number of carbonyl (C=O) groups excluding carboxylic acids is 3. The quantitative estimate of drug-likeness (QED) is 0.388. The van der Waals surface area contributed by atoms with Crippen molar-refractivity contribution in [2.45, 2.75) is 47.8 Å². The Kier molecular flexibility index (Phi) is 8.33. The third-order valence-corrected chi connectivity index (χ3v) is 11.5. The van der Waals surface area contributed by atoms with Crippen molar-refractivity contribution in [3.05, 3.63) is 66.2 Å². The highest BCUT2D eigenvalue weighted by molar-refractivity contribution is 8.02. The van der Waals surface area contributed by atoms with Crippen LogP contribution in [-0.4, -0.2) is 100 Å². The van der Waals surface area contributed by atoms with E-state index in [4.69, 9.17) is 4.74 Å². The molecule has 42 heavy (non-hydrogen) atoms. The van der Waals surface area contributed by atoms with Crippen LogP contribution in [0.15, 0.2) is 60.7 Å². The molecule has 3 N–H and O–H groups in total. The van der Waals surface area contributed by atoms with Crippen LogP contribution in [0.4, 0.5) is 5.69 Å². The molecule has 4 aliphatic rings. The third-order valence-electron chi connectivity index (χ3n) is 9.54. The van der Waals surface area contributed by atoms with Crippen molar-refractivity contribution in [1.82, 2.24) is 15.1 Å². The molecule has 0 aliphatic carbocycles. The minimum atomic E-state index is -0.776. The van der Waals surface area contributed by atoms with E-state index in [0.29, 0.717) is 44.8 Å². The smallest absolute Gasteiger partial charge is 0.244 e. The average molecular weight is 593 g/mol. The van der Waals surface area contributed by atoms with E-state index in [1.807, 2.05) is 60.7 Å². The van der Waals surface area contributed by atoms with E-state index in [9.17, 15) is 19.5 Å². The first-order valence-corrected chi connectivity index (χ1v) is 15.8. The lowest BCUT2D eigenvalue weighted by atomic mass is 9.66. The van der Waals surface area contributed by atoms with Crippen molar-refractivity contribution >= 4 is 35.2 Å². The summed E-state index contributed by atoms with van der Waals surface area (Å²) in [6, 6.07) is 17.7. The maximum absolute atomic E-state index is 14.5. The molecule has 4 heterocycles. The molecule has 2 unspecified atom stereocenters. The Labute approximate surface area is 251 Å². The van der Waals surface area contributed by atoms with E-state index in [2.05, 4.69) is 22.5 Å². The zero-order valence-corrected chi connectivity index (χ0v) is 24.9. The van der Waals surface area contributed by atoms with Crippen LogP contribution >= 0.6 is 11.8 Å². The van der Waals surface area contributed by atoms with Gasteiger partial charge >= 0.3 is 0 Å².